The Bertz CT molecular complexity index is 407. The minimum atomic E-state index is -0.316. The first kappa shape index (κ1) is 13.9. The van der Waals surface area contributed by atoms with Gasteiger partial charge in [0.2, 0.25) is 0 Å². The summed E-state index contributed by atoms with van der Waals surface area (Å²) in [6.45, 7) is 4.58. The highest BCUT2D eigenvalue weighted by atomic mass is 16.2. The quantitative estimate of drug-likeness (QED) is 0.870. The summed E-state index contributed by atoms with van der Waals surface area (Å²) in [6, 6.07) is 10.4. The van der Waals surface area contributed by atoms with E-state index in [0.717, 1.165) is 32.5 Å². The first-order valence-corrected chi connectivity index (χ1v) is 7.03. The molecule has 19 heavy (non-hydrogen) atoms. The zero-order valence-corrected chi connectivity index (χ0v) is 11.5. The number of hydrogen-bond acceptors (Lipinski definition) is 2. The van der Waals surface area contributed by atoms with Crippen molar-refractivity contribution < 1.29 is 4.79 Å². The highest BCUT2D eigenvalue weighted by molar-refractivity contribution is 5.72. The topological polar surface area (TPSA) is 58.4 Å². The summed E-state index contributed by atoms with van der Waals surface area (Å²) >= 11 is 0. The molecule has 2 rings (SSSR count). The van der Waals surface area contributed by atoms with Gasteiger partial charge in [-0.15, -0.1) is 0 Å². The number of nitrogens with two attached hydrogens (primary N) is 1. The van der Waals surface area contributed by atoms with Crippen molar-refractivity contribution in [2.24, 2.45) is 5.73 Å². The average Bonchev–Trinajstić information content (AvgIpc) is 2.45. The van der Waals surface area contributed by atoms with Crippen LogP contribution in [0, 0.1) is 0 Å². The minimum Gasteiger partial charge on any atom is -0.351 e. The van der Waals surface area contributed by atoms with Gasteiger partial charge in [-0.2, -0.15) is 0 Å². The second kappa shape index (κ2) is 6.57. The van der Waals surface area contributed by atoms with E-state index < -0.39 is 0 Å². The number of amides is 2. The molecule has 1 aromatic rings. The standard InChI is InChI=1S/C15H23N3O/c1-2-8-17-14-9-13(10-18(11-14)15(16)19)12-6-4-3-5-7-12/h3-7,13-14,17H,2,8-11H2,1H3,(H2,16,19). The number of urea groups is 1. The van der Waals surface area contributed by atoms with Gasteiger partial charge in [0.15, 0.2) is 0 Å². The Balaban J connectivity index is 2.08. The van der Waals surface area contributed by atoms with E-state index in [0.29, 0.717) is 12.0 Å². The summed E-state index contributed by atoms with van der Waals surface area (Å²) in [5.41, 5.74) is 6.75. The van der Waals surface area contributed by atoms with Crippen LogP contribution >= 0.6 is 0 Å². The van der Waals surface area contributed by atoms with Gasteiger partial charge in [0.1, 0.15) is 0 Å². The molecule has 0 bridgehead atoms. The van der Waals surface area contributed by atoms with Gasteiger partial charge >= 0.3 is 6.03 Å². The van der Waals surface area contributed by atoms with E-state index in [1.54, 1.807) is 4.90 Å². The van der Waals surface area contributed by atoms with Crippen LogP contribution < -0.4 is 11.1 Å². The number of rotatable bonds is 4. The maximum absolute atomic E-state index is 11.5. The third-order valence-electron chi connectivity index (χ3n) is 3.72. The average molecular weight is 261 g/mol. The van der Waals surface area contributed by atoms with Gasteiger partial charge in [-0.3, -0.25) is 0 Å². The van der Waals surface area contributed by atoms with Crippen molar-refractivity contribution in [3.05, 3.63) is 35.9 Å². The van der Waals surface area contributed by atoms with Crippen molar-refractivity contribution in [3.8, 4) is 0 Å². The first-order valence-electron chi connectivity index (χ1n) is 7.03. The summed E-state index contributed by atoms with van der Waals surface area (Å²) < 4.78 is 0. The molecule has 4 heteroatoms. The van der Waals surface area contributed by atoms with Gasteiger partial charge in [0.05, 0.1) is 0 Å². The van der Waals surface area contributed by atoms with Crippen LogP contribution in [-0.4, -0.2) is 36.6 Å². The molecule has 2 amide bonds. The van der Waals surface area contributed by atoms with E-state index in [9.17, 15) is 4.79 Å². The lowest BCUT2D eigenvalue weighted by atomic mass is 9.88. The summed E-state index contributed by atoms with van der Waals surface area (Å²) in [6.07, 6.45) is 2.16. The van der Waals surface area contributed by atoms with Crippen molar-refractivity contribution in [1.29, 1.82) is 0 Å². The van der Waals surface area contributed by atoms with Crippen LogP contribution in [0.3, 0.4) is 0 Å². The van der Waals surface area contributed by atoms with Gasteiger partial charge in [-0.05, 0) is 24.9 Å². The third kappa shape index (κ3) is 3.70. The fourth-order valence-corrected chi connectivity index (χ4v) is 2.74. The molecule has 1 aliphatic rings. The molecular formula is C15H23N3O. The molecule has 0 aliphatic carbocycles. The molecule has 2 atom stereocenters. The van der Waals surface area contributed by atoms with Crippen molar-refractivity contribution in [3.63, 3.8) is 0 Å². The Morgan fingerprint density at radius 3 is 2.74 bits per heavy atom. The molecular weight excluding hydrogens is 238 g/mol. The van der Waals surface area contributed by atoms with Crippen LogP contribution in [0.15, 0.2) is 30.3 Å². The molecule has 1 saturated heterocycles. The molecule has 0 saturated carbocycles. The molecule has 104 valence electrons. The fraction of sp³-hybridized carbons (Fsp3) is 0.533. The smallest absolute Gasteiger partial charge is 0.314 e. The lowest BCUT2D eigenvalue weighted by Crippen LogP contribution is -2.52. The van der Waals surface area contributed by atoms with Crippen molar-refractivity contribution >= 4 is 6.03 Å². The summed E-state index contributed by atoms with van der Waals surface area (Å²) in [5, 5.41) is 3.51. The number of carbonyl (C=O) groups excluding carboxylic acids is 1. The zero-order valence-electron chi connectivity index (χ0n) is 11.5. The van der Waals surface area contributed by atoms with Crippen LogP contribution in [0.5, 0.6) is 0 Å². The highest BCUT2D eigenvalue weighted by Gasteiger charge is 2.29. The molecule has 1 aliphatic heterocycles. The van der Waals surface area contributed by atoms with E-state index in [4.69, 9.17) is 5.73 Å². The molecule has 0 radical (unpaired) electrons. The number of hydrogen-bond donors (Lipinski definition) is 2. The number of likely N-dealkylation sites (tertiary alicyclic amines) is 1. The predicted molar refractivity (Wildman–Crippen MR) is 77.0 cm³/mol. The number of carbonyl (C=O) groups is 1. The van der Waals surface area contributed by atoms with E-state index in [2.05, 4.69) is 24.4 Å². The summed E-state index contributed by atoms with van der Waals surface area (Å²) in [5.74, 6) is 0.372. The zero-order chi connectivity index (χ0) is 13.7. The summed E-state index contributed by atoms with van der Waals surface area (Å²) in [4.78, 5) is 13.2. The number of nitrogens with one attached hydrogen (secondary N) is 1. The van der Waals surface area contributed by atoms with Gasteiger partial charge in [0.25, 0.3) is 0 Å². The normalized spacial score (nSPS) is 23.3. The van der Waals surface area contributed by atoms with Crippen molar-refractivity contribution in [2.75, 3.05) is 19.6 Å². The minimum absolute atomic E-state index is 0.316. The Labute approximate surface area is 115 Å². The van der Waals surface area contributed by atoms with Crippen LogP contribution in [0.1, 0.15) is 31.2 Å². The number of primary amides is 1. The van der Waals surface area contributed by atoms with Gasteiger partial charge in [-0.1, -0.05) is 37.3 Å². The van der Waals surface area contributed by atoms with Crippen LogP contribution in [-0.2, 0) is 0 Å². The maximum atomic E-state index is 11.5. The number of piperidine rings is 1. The number of benzene rings is 1. The Hall–Kier alpha value is -1.55. The third-order valence-corrected chi connectivity index (χ3v) is 3.72. The molecule has 1 fully saturated rings. The van der Waals surface area contributed by atoms with E-state index in [-0.39, 0.29) is 6.03 Å². The largest absolute Gasteiger partial charge is 0.351 e. The van der Waals surface area contributed by atoms with E-state index in [1.807, 2.05) is 18.2 Å². The van der Waals surface area contributed by atoms with Gasteiger partial charge in [0, 0.05) is 25.0 Å². The lowest BCUT2D eigenvalue weighted by molar-refractivity contribution is 0.172. The Kier molecular flexibility index (Phi) is 4.80. The monoisotopic (exact) mass is 261 g/mol. The lowest BCUT2D eigenvalue weighted by Gasteiger charge is -2.37. The van der Waals surface area contributed by atoms with Crippen molar-refractivity contribution in [1.82, 2.24) is 10.2 Å². The highest BCUT2D eigenvalue weighted by Crippen LogP contribution is 2.26. The maximum Gasteiger partial charge on any atom is 0.314 e. The molecule has 2 unspecified atom stereocenters. The van der Waals surface area contributed by atoms with E-state index in [1.165, 1.54) is 5.56 Å². The van der Waals surface area contributed by atoms with Crippen LogP contribution in [0.2, 0.25) is 0 Å². The molecule has 3 N–H and O–H groups in total. The van der Waals surface area contributed by atoms with Gasteiger partial charge < -0.3 is 16.0 Å². The van der Waals surface area contributed by atoms with Crippen LogP contribution in [0.4, 0.5) is 4.79 Å². The molecule has 0 spiro atoms. The van der Waals surface area contributed by atoms with Crippen molar-refractivity contribution in [2.45, 2.75) is 31.7 Å². The van der Waals surface area contributed by atoms with Gasteiger partial charge in [-0.25, -0.2) is 4.79 Å². The van der Waals surface area contributed by atoms with E-state index >= 15 is 0 Å². The first-order chi connectivity index (χ1) is 9.20. The number of nitrogens with zero attached hydrogens (tertiary/aromatic N) is 1. The molecule has 4 nitrogen and oxygen atoms in total. The predicted octanol–water partition coefficient (Wildman–Crippen LogP) is 1.92. The molecule has 1 heterocycles. The Morgan fingerprint density at radius 2 is 2.11 bits per heavy atom. The SMILES string of the molecule is CCCNC1CC(c2ccccc2)CN(C(N)=O)C1. The molecule has 1 aromatic carbocycles. The fourth-order valence-electron chi connectivity index (χ4n) is 2.74. The second-order valence-corrected chi connectivity index (χ2v) is 5.24. The molecule has 0 aromatic heterocycles. The summed E-state index contributed by atoms with van der Waals surface area (Å²) in [7, 11) is 0. The second-order valence-electron chi connectivity index (χ2n) is 5.24. The van der Waals surface area contributed by atoms with Crippen LogP contribution in [0.25, 0.3) is 0 Å². The Morgan fingerprint density at radius 1 is 1.37 bits per heavy atom.